The number of anilines is 2. The number of carbonyl (C=O) groups is 4. The van der Waals surface area contributed by atoms with Crippen molar-refractivity contribution in [2.75, 3.05) is 30.9 Å². The van der Waals surface area contributed by atoms with Gasteiger partial charge in [0.05, 0.1) is 22.7 Å². The number of nitrogens with zero attached hydrogens (tertiary/aromatic N) is 1. The van der Waals surface area contributed by atoms with Crippen molar-refractivity contribution in [1.82, 2.24) is 4.90 Å². The third-order valence-corrected chi connectivity index (χ3v) is 7.57. The summed E-state index contributed by atoms with van der Waals surface area (Å²) in [6, 6.07) is 12.2. The lowest BCUT2D eigenvalue weighted by Crippen LogP contribution is -2.36. The standard InChI is InChI=1S/C27H19BrClF2N3O6S/c1-39-22-8-14(2-7-21(22)40-13-25(36)32-16-4-5-17(28)18(29)11-16)9-23-26(37)34(27(38)41-23)12-24(35)33-20-6-3-15(30)10-19(20)31/h2-11H,12-13H2,1H3,(H,32,36)(H,33,35)/b23-9+. The van der Waals surface area contributed by atoms with Crippen LogP contribution in [0.3, 0.4) is 0 Å². The van der Waals surface area contributed by atoms with E-state index in [1.54, 1.807) is 30.3 Å². The SMILES string of the molecule is COc1cc(/C=C2/SC(=O)N(CC(=O)Nc3ccc(F)cc3F)C2=O)ccc1OCC(=O)Nc1ccc(Br)c(Cl)c1. The Morgan fingerprint density at radius 1 is 1.02 bits per heavy atom. The van der Waals surface area contributed by atoms with E-state index in [1.165, 1.54) is 19.3 Å². The maximum absolute atomic E-state index is 13.8. The van der Waals surface area contributed by atoms with Crippen molar-refractivity contribution in [3.63, 3.8) is 0 Å². The summed E-state index contributed by atoms with van der Waals surface area (Å²) in [7, 11) is 1.40. The molecule has 0 aromatic heterocycles. The molecule has 3 aromatic rings. The highest BCUT2D eigenvalue weighted by Gasteiger charge is 2.36. The van der Waals surface area contributed by atoms with Crippen LogP contribution in [0.25, 0.3) is 6.08 Å². The summed E-state index contributed by atoms with van der Waals surface area (Å²) in [5.41, 5.74) is 0.679. The van der Waals surface area contributed by atoms with Gasteiger partial charge in [-0.1, -0.05) is 17.7 Å². The molecule has 0 unspecified atom stereocenters. The lowest BCUT2D eigenvalue weighted by Gasteiger charge is -2.13. The quantitative estimate of drug-likeness (QED) is 0.266. The first-order chi connectivity index (χ1) is 19.5. The first kappa shape index (κ1) is 30.0. The Hall–Kier alpha value is -3.94. The van der Waals surface area contributed by atoms with Gasteiger partial charge in [0, 0.05) is 16.2 Å². The summed E-state index contributed by atoms with van der Waals surface area (Å²) in [6.45, 7) is -0.990. The summed E-state index contributed by atoms with van der Waals surface area (Å²) in [4.78, 5) is 50.6. The number of hydrogen-bond acceptors (Lipinski definition) is 7. The van der Waals surface area contributed by atoms with Gasteiger partial charge in [0.1, 0.15) is 18.2 Å². The number of methoxy groups -OCH3 is 1. The molecule has 3 aromatic carbocycles. The van der Waals surface area contributed by atoms with Gasteiger partial charge in [0.2, 0.25) is 5.91 Å². The molecule has 4 amide bonds. The van der Waals surface area contributed by atoms with E-state index < -0.39 is 41.1 Å². The fourth-order valence-electron chi connectivity index (χ4n) is 3.52. The monoisotopic (exact) mass is 665 g/mol. The average molecular weight is 667 g/mol. The van der Waals surface area contributed by atoms with Gasteiger partial charge in [-0.2, -0.15) is 0 Å². The van der Waals surface area contributed by atoms with Crippen LogP contribution in [0.4, 0.5) is 25.0 Å². The van der Waals surface area contributed by atoms with E-state index >= 15 is 0 Å². The van der Waals surface area contributed by atoms with Gasteiger partial charge in [0.25, 0.3) is 17.1 Å². The van der Waals surface area contributed by atoms with Crippen LogP contribution in [0.1, 0.15) is 5.56 Å². The van der Waals surface area contributed by atoms with Crippen molar-refractivity contribution >= 4 is 79.7 Å². The van der Waals surface area contributed by atoms with Crippen molar-refractivity contribution in [2.24, 2.45) is 0 Å². The zero-order valence-corrected chi connectivity index (χ0v) is 24.2. The van der Waals surface area contributed by atoms with Gasteiger partial charge in [-0.05, 0) is 81.8 Å². The van der Waals surface area contributed by atoms with Crippen molar-refractivity contribution in [3.8, 4) is 11.5 Å². The van der Waals surface area contributed by atoms with Crippen molar-refractivity contribution in [3.05, 3.63) is 86.2 Å². The Bertz CT molecular complexity index is 1590. The first-order valence-electron chi connectivity index (χ1n) is 11.6. The van der Waals surface area contributed by atoms with Crippen LogP contribution in [-0.2, 0) is 14.4 Å². The van der Waals surface area contributed by atoms with Crippen LogP contribution in [0.5, 0.6) is 11.5 Å². The van der Waals surface area contributed by atoms with Gasteiger partial charge >= 0.3 is 0 Å². The van der Waals surface area contributed by atoms with E-state index in [0.717, 1.165) is 12.1 Å². The average Bonchev–Trinajstić information content (AvgIpc) is 3.18. The maximum atomic E-state index is 13.8. The fraction of sp³-hybridized carbons (Fsp3) is 0.111. The molecule has 2 N–H and O–H groups in total. The lowest BCUT2D eigenvalue weighted by molar-refractivity contribution is -0.127. The minimum Gasteiger partial charge on any atom is -0.493 e. The van der Waals surface area contributed by atoms with E-state index in [9.17, 15) is 28.0 Å². The van der Waals surface area contributed by atoms with Gasteiger partial charge in [-0.3, -0.25) is 24.1 Å². The number of benzene rings is 3. The highest BCUT2D eigenvalue weighted by Crippen LogP contribution is 2.34. The second-order valence-electron chi connectivity index (χ2n) is 8.32. The highest BCUT2D eigenvalue weighted by molar-refractivity contribution is 9.10. The maximum Gasteiger partial charge on any atom is 0.294 e. The molecular weight excluding hydrogens is 648 g/mol. The molecule has 41 heavy (non-hydrogen) atoms. The second-order valence-corrected chi connectivity index (χ2v) is 10.6. The van der Waals surface area contributed by atoms with E-state index in [4.69, 9.17) is 21.1 Å². The number of rotatable bonds is 9. The zero-order valence-electron chi connectivity index (χ0n) is 21.0. The number of nitrogens with one attached hydrogen (secondary N) is 2. The van der Waals surface area contributed by atoms with E-state index in [2.05, 4.69) is 26.6 Å². The fourth-order valence-corrected chi connectivity index (χ4v) is 4.78. The lowest BCUT2D eigenvalue weighted by atomic mass is 10.2. The van der Waals surface area contributed by atoms with Gasteiger partial charge in [0.15, 0.2) is 18.1 Å². The van der Waals surface area contributed by atoms with Crippen LogP contribution in [0, 0.1) is 11.6 Å². The number of amides is 4. The normalized spacial score (nSPS) is 13.9. The molecule has 212 valence electrons. The molecule has 14 heteroatoms. The third-order valence-electron chi connectivity index (χ3n) is 5.43. The number of halogens is 4. The molecule has 0 radical (unpaired) electrons. The van der Waals surface area contributed by atoms with Crippen molar-refractivity contribution in [1.29, 1.82) is 0 Å². The largest absolute Gasteiger partial charge is 0.493 e. The number of imide groups is 1. The molecular formula is C27H19BrClF2N3O6S. The number of ether oxygens (including phenoxy) is 2. The Labute approximate surface area is 249 Å². The molecule has 1 aliphatic heterocycles. The molecule has 1 aliphatic rings. The van der Waals surface area contributed by atoms with Gasteiger partial charge in [-0.15, -0.1) is 0 Å². The molecule has 1 fully saturated rings. The third kappa shape index (κ3) is 7.63. The predicted molar refractivity (Wildman–Crippen MR) is 154 cm³/mol. The van der Waals surface area contributed by atoms with Crippen LogP contribution in [-0.4, -0.2) is 48.1 Å². The van der Waals surface area contributed by atoms with Gasteiger partial charge < -0.3 is 20.1 Å². The summed E-state index contributed by atoms with van der Waals surface area (Å²) in [6.07, 6.45) is 1.43. The smallest absolute Gasteiger partial charge is 0.294 e. The molecule has 9 nitrogen and oxygen atoms in total. The molecule has 0 saturated carbocycles. The van der Waals surface area contributed by atoms with Crippen LogP contribution in [0.2, 0.25) is 5.02 Å². The summed E-state index contributed by atoms with van der Waals surface area (Å²) in [5, 5.41) is 4.61. The highest BCUT2D eigenvalue weighted by atomic mass is 79.9. The summed E-state index contributed by atoms with van der Waals surface area (Å²) in [5.74, 6) is -3.29. The molecule has 0 bridgehead atoms. The molecule has 1 saturated heterocycles. The summed E-state index contributed by atoms with van der Waals surface area (Å²) >= 11 is 9.93. The Morgan fingerprint density at radius 2 is 1.80 bits per heavy atom. The molecule has 4 rings (SSSR count). The van der Waals surface area contributed by atoms with E-state index in [-0.39, 0.29) is 28.7 Å². The minimum atomic E-state index is -0.996. The predicted octanol–water partition coefficient (Wildman–Crippen LogP) is 6.08. The Morgan fingerprint density at radius 3 is 2.51 bits per heavy atom. The molecule has 0 atom stereocenters. The summed E-state index contributed by atoms with van der Waals surface area (Å²) < 4.78 is 38.5. The zero-order chi connectivity index (χ0) is 29.7. The Kier molecular flexibility index (Phi) is 9.63. The topological polar surface area (TPSA) is 114 Å². The van der Waals surface area contributed by atoms with Crippen molar-refractivity contribution in [2.45, 2.75) is 0 Å². The number of hydrogen-bond donors (Lipinski definition) is 2. The van der Waals surface area contributed by atoms with E-state index in [1.807, 2.05) is 0 Å². The van der Waals surface area contributed by atoms with Gasteiger partial charge in [-0.25, -0.2) is 8.78 Å². The van der Waals surface area contributed by atoms with Crippen LogP contribution < -0.4 is 20.1 Å². The van der Waals surface area contributed by atoms with E-state index in [0.29, 0.717) is 43.5 Å². The van der Waals surface area contributed by atoms with Crippen LogP contribution >= 0.6 is 39.3 Å². The molecule has 0 aliphatic carbocycles. The van der Waals surface area contributed by atoms with Crippen molar-refractivity contribution < 1.29 is 37.4 Å². The minimum absolute atomic E-state index is 0.0408. The Balaban J connectivity index is 1.38. The second kappa shape index (κ2) is 13.1. The number of thioether (sulfide) groups is 1. The van der Waals surface area contributed by atoms with Crippen LogP contribution in [0.15, 0.2) is 64.0 Å². The first-order valence-corrected chi connectivity index (χ1v) is 13.6. The molecule has 0 spiro atoms. The molecule has 1 heterocycles. The number of carbonyl (C=O) groups excluding carboxylic acids is 4.